The van der Waals surface area contributed by atoms with Crippen molar-refractivity contribution in [2.45, 2.75) is 26.0 Å². The fourth-order valence-electron chi connectivity index (χ4n) is 1.71. The number of carboxylic acids is 2. The largest absolute Gasteiger partial charge is 0.491 e. The Morgan fingerprint density at radius 3 is 2.10 bits per heavy atom. The first-order valence-corrected chi connectivity index (χ1v) is 8.93. The number of benzene rings is 1. The topological polar surface area (TPSA) is 154 Å². The number of nitrogens with one attached hydrogen (secondary N) is 2. The van der Waals surface area contributed by atoms with Crippen LogP contribution in [0.15, 0.2) is 42.6 Å². The Morgan fingerprint density at radius 1 is 1.07 bits per heavy atom. The molecule has 0 aromatic heterocycles. The molecule has 10 heteroatoms. The molecule has 1 rings (SSSR count). The van der Waals surface area contributed by atoms with Crippen LogP contribution in [0.25, 0.3) is 6.08 Å². The standard InChI is InChI=1S/C16H24N2O4.C4H4O4/c1-12(2)18-10-14(19)11-22-15-6-4-13(5-7-15)8-9-17-16(20)21-3;5-3(6)1-2-4(7)8/h4-9,12,14,18-19H,10-11H2,1-3H3,(H,17,20);1-2H,(H,5,6)(H,7,8)/b9-8+;2-1+. The van der Waals surface area contributed by atoms with Crippen LogP contribution >= 0.6 is 0 Å². The summed E-state index contributed by atoms with van der Waals surface area (Å²) in [7, 11) is 1.31. The van der Waals surface area contributed by atoms with Crippen LogP contribution in [0.2, 0.25) is 0 Å². The molecule has 1 atom stereocenters. The monoisotopic (exact) mass is 424 g/mol. The van der Waals surface area contributed by atoms with Crippen LogP contribution in [0.4, 0.5) is 4.79 Å². The van der Waals surface area contributed by atoms with Crippen LogP contribution in [-0.2, 0) is 14.3 Å². The van der Waals surface area contributed by atoms with E-state index in [2.05, 4.69) is 15.4 Å². The number of alkyl carbamates (subject to hydrolysis) is 1. The number of amides is 1. The van der Waals surface area contributed by atoms with Crippen molar-refractivity contribution in [3.8, 4) is 5.75 Å². The lowest BCUT2D eigenvalue weighted by Crippen LogP contribution is -2.35. The van der Waals surface area contributed by atoms with Crippen molar-refractivity contribution in [2.75, 3.05) is 20.3 Å². The number of methoxy groups -OCH3 is 1. The zero-order valence-corrected chi connectivity index (χ0v) is 17.1. The van der Waals surface area contributed by atoms with Gasteiger partial charge in [-0.2, -0.15) is 0 Å². The first-order valence-electron chi connectivity index (χ1n) is 8.93. The van der Waals surface area contributed by atoms with Gasteiger partial charge in [0.1, 0.15) is 18.5 Å². The van der Waals surface area contributed by atoms with Crippen LogP contribution < -0.4 is 15.4 Å². The highest BCUT2D eigenvalue weighted by Gasteiger charge is 2.05. The summed E-state index contributed by atoms with van der Waals surface area (Å²) >= 11 is 0. The van der Waals surface area contributed by atoms with Gasteiger partial charge >= 0.3 is 18.0 Å². The third-order valence-corrected chi connectivity index (χ3v) is 3.12. The van der Waals surface area contributed by atoms with Crippen molar-refractivity contribution in [1.82, 2.24) is 10.6 Å². The molecule has 0 radical (unpaired) electrons. The molecule has 0 aliphatic rings. The number of carbonyl (C=O) groups excluding carboxylic acids is 1. The number of rotatable bonds is 10. The van der Waals surface area contributed by atoms with Gasteiger partial charge in [-0.05, 0) is 23.8 Å². The number of ether oxygens (including phenoxy) is 2. The molecule has 0 fully saturated rings. The number of aliphatic hydroxyl groups is 1. The molecule has 1 unspecified atom stereocenters. The normalized spacial score (nSPS) is 11.6. The smallest absolute Gasteiger partial charge is 0.410 e. The number of carbonyl (C=O) groups is 3. The van der Waals surface area contributed by atoms with E-state index < -0.39 is 24.1 Å². The van der Waals surface area contributed by atoms with Crippen molar-refractivity contribution in [2.24, 2.45) is 0 Å². The SMILES string of the molecule is COC(=O)N/C=C/c1ccc(OCC(O)CNC(C)C)cc1.O=C(O)/C=C/C(=O)O. The van der Waals surface area contributed by atoms with Gasteiger partial charge in [-0.3, -0.25) is 5.32 Å². The summed E-state index contributed by atoms with van der Waals surface area (Å²) < 4.78 is 9.96. The first kappa shape index (κ1) is 26.6. The highest BCUT2D eigenvalue weighted by Crippen LogP contribution is 2.13. The van der Waals surface area contributed by atoms with Gasteiger partial charge in [0.25, 0.3) is 0 Å². The van der Waals surface area contributed by atoms with E-state index >= 15 is 0 Å². The van der Waals surface area contributed by atoms with Crippen molar-refractivity contribution < 1.29 is 39.2 Å². The molecule has 5 N–H and O–H groups in total. The van der Waals surface area contributed by atoms with Gasteiger partial charge < -0.3 is 30.1 Å². The summed E-state index contributed by atoms with van der Waals surface area (Å²) in [4.78, 5) is 30.0. The van der Waals surface area contributed by atoms with Crippen molar-refractivity contribution in [1.29, 1.82) is 0 Å². The summed E-state index contributed by atoms with van der Waals surface area (Å²) in [5, 5.41) is 31.0. The molecule has 1 aromatic rings. The fourth-order valence-corrected chi connectivity index (χ4v) is 1.71. The molecule has 0 aliphatic heterocycles. The van der Waals surface area contributed by atoms with Crippen LogP contribution in [0.1, 0.15) is 19.4 Å². The maximum Gasteiger partial charge on any atom is 0.410 e. The zero-order valence-electron chi connectivity index (χ0n) is 17.1. The van der Waals surface area contributed by atoms with Crippen LogP contribution in [0, 0.1) is 0 Å². The highest BCUT2D eigenvalue weighted by atomic mass is 16.5. The van der Waals surface area contributed by atoms with Gasteiger partial charge in [-0.15, -0.1) is 0 Å². The van der Waals surface area contributed by atoms with E-state index in [0.717, 1.165) is 5.56 Å². The minimum absolute atomic E-state index is 0.235. The molecular weight excluding hydrogens is 396 g/mol. The lowest BCUT2D eigenvalue weighted by atomic mass is 10.2. The Bertz CT molecular complexity index is 698. The van der Waals surface area contributed by atoms with Gasteiger partial charge in [0.2, 0.25) is 0 Å². The van der Waals surface area contributed by atoms with E-state index in [9.17, 15) is 19.5 Å². The average Bonchev–Trinajstić information content (AvgIpc) is 2.70. The van der Waals surface area contributed by atoms with Gasteiger partial charge in [-0.1, -0.05) is 26.0 Å². The van der Waals surface area contributed by atoms with Crippen molar-refractivity contribution >= 4 is 24.1 Å². The van der Waals surface area contributed by atoms with Gasteiger partial charge in [0.15, 0.2) is 0 Å². The number of hydrogen-bond donors (Lipinski definition) is 5. The van der Waals surface area contributed by atoms with Crippen LogP contribution in [0.5, 0.6) is 5.75 Å². The zero-order chi connectivity index (χ0) is 22.9. The second-order valence-electron chi connectivity index (χ2n) is 6.08. The Labute approximate surface area is 174 Å². The molecule has 1 aromatic carbocycles. The highest BCUT2D eigenvalue weighted by molar-refractivity contribution is 5.89. The third kappa shape index (κ3) is 15.7. The summed E-state index contributed by atoms with van der Waals surface area (Å²) in [5.74, 6) is -1.83. The van der Waals surface area contributed by atoms with Crippen LogP contribution in [0.3, 0.4) is 0 Å². The Hall–Kier alpha value is -3.37. The van der Waals surface area contributed by atoms with E-state index in [1.165, 1.54) is 13.3 Å². The van der Waals surface area contributed by atoms with E-state index in [1.54, 1.807) is 18.2 Å². The van der Waals surface area contributed by atoms with E-state index in [-0.39, 0.29) is 6.61 Å². The molecular formula is C20H28N2O8. The minimum atomic E-state index is -1.26. The lowest BCUT2D eigenvalue weighted by Gasteiger charge is -2.15. The Morgan fingerprint density at radius 2 is 1.63 bits per heavy atom. The maximum atomic E-state index is 10.9. The second-order valence-corrected chi connectivity index (χ2v) is 6.08. The quantitative estimate of drug-likeness (QED) is 0.351. The molecule has 166 valence electrons. The molecule has 10 nitrogen and oxygen atoms in total. The molecule has 0 heterocycles. The predicted molar refractivity (Wildman–Crippen MR) is 110 cm³/mol. The van der Waals surface area contributed by atoms with Gasteiger partial charge in [-0.25, -0.2) is 14.4 Å². The molecule has 0 spiro atoms. The van der Waals surface area contributed by atoms with Crippen LogP contribution in [-0.4, -0.2) is 65.8 Å². The molecule has 0 bridgehead atoms. The average molecular weight is 424 g/mol. The molecule has 1 amide bonds. The van der Waals surface area contributed by atoms with E-state index in [4.69, 9.17) is 14.9 Å². The van der Waals surface area contributed by atoms with E-state index in [0.29, 0.717) is 30.5 Å². The van der Waals surface area contributed by atoms with Gasteiger partial charge in [0, 0.05) is 30.9 Å². The minimum Gasteiger partial charge on any atom is -0.491 e. The van der Waals surface area contributed by atoms with Gasteiger partial charge in [0.05, 0.1) is 7.11 Å². The van der Waals surface area contributed by atoms with Crippen molar-refractivity contribution in [3.63, 3.8) is 0 Å². The number of aliphatic hydroxyl groups excluding tert-OH is 1. The number of carboxylic acid groups (broad SMARTS) is 2. The predicted octanol–water partition coefficient (Wildman–Crippen LogP) is 1.46. The fraction of sp³-hybridized carbons (Fsp3) is 0.350. The third-order valence-electron chi connectivity index (χ3n) is 3.12. The molecule has 0 saturated heterocycles. The molecule has 0 aliphatic carbocycles. The second kappa shape index (κ2) is 15.5. The van der Waals surface area contributed by atoms with E-state index in [1.807, 2.05) is 26.0 Å². The Balaban J connectivity index is 0.000000890. The maximum absolute atomic E-state index is 10.9. The first-order chi connectivity index (χ1) is 14.1. The summed E-state index contributed by atoms with van der Waals surface area (Å²) in [6, 6.07) is 7.65. The Kier molecular flexibility index (Phi) is 13.8. The summed E-state index contributed by atoms with van der Waals surface area (Å²) in [6.07, 6.45) is 3.29. The summed E-state index contributed by atoms with van der Waals surface area (Å²) in [5.41, 5.74) is 0.908. The lowest BCUT2D eigenvalue weighted by molar-refractivity contribution is -0.134. The number of aliphatic carboxylic acids is 2. The molecule has 0 saturated carbocycles. The molecule has 30 heavy (non-hydrogen) atoms. The summed E-state index contributed by atoms with van der Waals surface area (Å²) in [6.45, 7) is 4.78. The number of hydrogen-bond acceptors (Lipinski definition) is 7. The van der Waals surface area contributed by atoms with Crippen molar-refractivity contribution in [3.05, 3.63) is 48.2 Å².